The van der Waals surface area contributed by atoms with Gasteiger partial charge in [0.15, 0.2) is 0 Å². The molecule has 0 amide bonds. The Kier molecular flexibility index (Phi) is 5.38. The zero-order valence-electron chi connectivity index (χ0n) is 9.06. The van der Waals surface area contributed by atoms with Crippen LogP contribution in [0.5, 0.6) is 0 Å². The topological polar surface area (TPSA) is 0 Å². The van der Waals surface area contributed by atoms with Gasteiger partial charge < -0.3 is 0 Å². The molecule has 1 saturated carbocycles. The van der Waals surface area contributed by atoms with E-state index in [1.54, 1.807) is 0 Å². The summed E-state index contributed by atoms with van der Waals surface area (Å²) in [7, 11) is 0. The quantitative estimate of drug-likeness (QED) is 0.568. The van der Waals surface area contributed by atoms with Gasteiger partial charge in [0, 0.05) is 4.83 Å². The molecule has 1 heteroatoms. The molecule has 1 aliphatic carbocycles. The second kappa shape index (κ2) is 6.06. The van der Waals surface area contributed by atoms with Crippen molar-refractivity contribution in [3.63, 3.8) is 0 Å². The average molecular weight is 247 g/mol. The SMILES string of the molecule is CCCC(C)CCCC(Br)C1CC1. The van der Waals surface area contributed by atoms with Crippen LogP contribution in [0.4, 0.5) is 0 Å². The highest BCUT2D eigenvalue weighted by molar-refractivity contribution is 9.09. The van der Waals surface area contributed by atoms with E-state index in [1.807, 2.05) is 0 Å². The molecule has 0 bridgehead atoms. The van der Waals surface area contributed by atoms with E-state index >= 15 is 0 Å². The van der Waals surface area contributed by atoms with Crippen LogP contribution in [-0.4, -0.2) is 4.83 Å². The third-order valence-corrected chi connectivity index (χ3v) is 4.30. The smallest absolute Gasteiger partial charge is 0.0174 e. The lowest BCUT2D eigenvalue weighted by Gasteiger charge is -2.11. The van der Waals surface area contributed by atoms with Crippen molar-refractivity contribution < 1.29 is 0 Å². The Morgan fingerprint density at radius 2 is 1.92 bits per heavy atom. The lowest BCUT2D eigenvalue weighted by molar-refractivity contribution is 0.455. The minimum atomic E-state index is 0.835. The summed E-state index contributed by atoms with van der Waals surface area (Å²) in [6, 6.07) is 0. The normalized spacial score (nSPS) is 21.5. The van der Waals surface area contributed by atoms with Crippen LogP contribution in [0.15, 0.2) is 0 Å². The fraction of sp³-hybridized carbons (Fsp3) is 1.00. The molecule has 2 atom stereocenters. The van der Waals surface area contributed by atoms with Gasteiger partial charge >= 0.3 is 0 Å². The van der Waals surface area contributed by atoms with E-state index in [2.05, 4.69) is 29.8 Å². The maximum atomic E-state index is 3.79. The first-order valence-corrected chi connectivity index (χ1v) is 6.79. The van der Waals surface area contributed by atoms with Gasteiger partial charge in [0.25, 0.3) is 0 Å². The van der Waals surface area contributed by atoms with Crippen molar-refractivity contribution in [2.75, 3.05) is 0 Å². The summed E-state index contributed by atoms with van der Waals surface area (Å²) in [5.41, 5.74) is 0. The van der Waals surface area contributed by atoms with Crippen molar-refractivity contribution in [3.8, 4) is 0 Å². The van der Waals surface area contributed by atoms with Crippen molar-refractivity contribution in [1.29, 1.82) is 0 Å². The summed E-state index contributed by atoms with van der Waals surface area (Å²) >= 11 is 3.79. The zero-order valence-corrected chi connectivity index (χ0v) is 10.6. The predicted octanol–water partition coefficient (Wildman–Crippen LogP) is 4.77. The number of alkyl halides is 1. The van der Waals surface area contributed by atoms with Crippen molar-refractivity contribution in [1.82, 2.24) is 0 Å². The van der Waals surface area contributed by atoms with Gasteiger partial charge in [0.2, 0.25) is 0 Å². The molecule has 1 aliphatic rings. The molecule has 1 fully saturated rings. The molecule has 0 radical (unpaired) electrons. The number of hydrogen-bond donors (Lipinski definition) is 0. The van der Waals surface area contributed by atoms with Crippen LogP contribution in [0.2, 0.25) is 0 Å². The highest BCUT2D eigenvalue weighted by atomic mass is 79.9. The van der Waals surface area contributed by atoms with E-state index < -0.39 is 0 Å². The molecule has 2 unspecified atom stereocenters. The van der Waals surface area contributed by atoms with E-state index in [1.165, 1.54) is 44.9 Å². The Bertz CT molecular complexity index is 129. The van der Waals surface area contributed by atoms with Gasteiger partial charge in [-0.1, -0.05) is 55.5 Å². The van der Waals surface area contributed by atoms with Crippen LogP contribution in [0.25, 0.3) is 0 Å². The summed E-state index contributed by atoms with van der Waals surface area (Å²) in [5, 5.41) is 0. The van der Waals surface area contributed by atoms with Crippen LogP contribution in [-0.2, 0) is 0 Å². The number of hydrogen-bond acceptors (Lipinski definition) is 0. The molecule has 0 aliphatic heterocycles. The maximum absolute atomic E-state index is 3.79. The maximum Gasteiger partial charge on any atom is 0.0174 e. The second-order valence-electron chi connectivity index (χ2n) is 4.68. The third-order valence-electron chi connectivity index (χ3n) is 3.09. The highest BCUT2D eigenvalue weighted by Gasteiger charge is 2.28. The van der Waals surface area contributed by atoms with E-state index in [0.717, 1.165) is 16.7 Å². The Balaban J connectivity index is 1.92. The molecule has 0 aromatic heterocycles. The van der Waals surface area contributed by atoms with Gasteiger partial charge in [-0.3, -0.25) is 0 Å². The van der Waals surface area contributed by atoms with Crippen LogP contribution in [0.1, 0.15) is 58.8 Å². The largest absolute Gasteiger partial charge is 0.0888 e. The van der Waals surface area contributed by atoms with Crippen LogP contribution >= 0.6 is 15.9 Å². The molecule has 0 saturated heterocycles. The summed E-state index contributed by atoms with van der Waals surface area (Å²) in [4.78, 5) is 0.835. The molecule has 13 heavy (non-hydrogen) atoms. The Hall–Kier alpha value is 0.480. The van der Waals surface area contributed by atoms with Crippen LogP contribution in [0, 0.1) is 11.8 Å². The summed E-state index contributed by atoms with van der Waals surface area (Å²) < 4.78 is 0. The molecule has 0 aromatic carbocycles. The summed E-state index contributed by atoms with van der Waals surface area (Å²) in [5.74, 6) is 1.98. The minimum absolute atomic E-state index is 0.835. The highest BCUT2D eigenvalue weighted by Crippen LogP contribution is 2.39. The molecular formula is C12H23Br. The van der Waals surface area contributed by atoms with Gasteiger partial charge in [0.1, 0.15) is 0 Å². The predicted molar refractivity (Wildman–Crippen MR) is 63.4 cm³/mol. The van der Waals surface area contributed by atoms with E-state index in [4.69, 9.17) is 0 Å². The minimum Gasteiger partial charge on any atom is -0.0888 e. The van der Waals surface area contributed by atoms with E-state index in [0.29, 0.717) is 0 Å². The van der Waals surface area contributed by atoms with Gasteiger partial charge in [-0.25, -0.2) is 0 Å². The first-order chi connectivity index (χ1) is 6.24. The lowest BCUT2D eigenvalue weighted by Crippen LogP contribution is -2.02. The fourth-order valence-corrected chi connectivity index (χ4v) is 2.84. The monoisotopic (exact) mass is 246 g/mol. The third kappa shape index (κ3) is 5.05. The van der Waals surface area contributed by atoms with Crippen molar-refractivity contribution >= 4 is 15.9 Å². The Labute approximate surface area is 91.6 Å². The number of halogens is 1. The van der Waals surface area contributed by atoms with E-state index in [-0.39, 0.29) is 0 Å². The molecular weight excluding hydrogens is 224 g/mol. The Morgan fingerprint density at radius 1 is 1.23 bits per heavy atom. The van der Waals surface area contributed by atoms with Crippen LogP contribution in [0.3, 0.4) is 0 Å². The summed E-state index contributed by atoms with van der Waals surface area (Å²) in [6.07, 6.45) is 9.97. The first-order valence-electron chi connectivity index (χ1n) is 5.88. The van der Waals surface area contributed by atoms with Crippen LogP contribution < -0.4 is 0 Å². The summed E-state index contributed by atoms with van der Waals surface area (Å²) in [6.45, 7) is 4.68. The standard InChI is InChI=1S/C12H23Br/c1-3-5-10(2)6-4-7-12(13)11-8-9-11/h10-12H,3-9H2,1-2H3. The number of rotatable bonds is 7. The van der Waals surface area contributed by atoms with Crippen molar-refractivity contribution in [2.45, 2.75) is 63.6 Å². The van der Waals surface area contributed by atoms with Gasteiger partial charge in [-0.2, -0.15) is 0 Å². The molecule has 0 nitrogen and oxygen atoms in total. The molecule has 78 valence electrons. The molecule has 0 N–H and O–H groups in total. The van der Waals surface area contributed by atoms with Crippen molar-refractivity contribution in [3.05, 3.63) is 0 Å². The van der Waals surface area contributed by atoms with Gasteiger partial charge in [0.05, 0.1) is 0 Å². The fourth-order valence-electron chi connectivity index (χ4n) is 1.99. The lowest BCUT2D eigenvalue weighted by atomic mass is 9.98. The zero-order chi connectivity index (χ0) is 9.68. The molecule has 0 spiro atoms. The van der Waals surface area contributed by atoms with E-state index in [9.17, 15) is 0 Å². The Morgan fingerprint density at radius 3 is 2.46 bits per heavy atom. The molecule has 0 heterocycles. The first kappa shape index (κ1) is 11.6. The molecule has 0 aromatic rings. The average Bonchev–Trinajstić information content (AvgIpc) is 2.86. The van der Waals surface area contributed by atoms with Crippen molar-refractivity contribution in [2.24, 2.45) is 11.8 Å². The van der Waals surface area contributed by atoms with Gasteiger partial charge in [-0.15, -0.1) is 0 Å². The second-order valence-corrected chi connectivity index (χ2v) is 5.85. The van der Waals surface area contributed by atoms with Gasteiger partial charge in [-0.05, 0) is 31.1 Å². The molecule has 1 rings (SSSR count).